The number of ether oxygens (including phenoxy) is 3. The number of carbonyl (C=O) groups excluding carboxylic acids is 3. The van der Waals surface area contributed by atoms with E-state index in [4.69, 9.17) is 15.2 Å². The second kappa shape index (κ2) is 13.8. The summed E-state index contributed by atoms with van der Waals surface area (Å²) >= 11 is 0. The van der Waals surface area contributed by atoms with Crippen molar-refractivity contribution in [3.63, 3.8) is 0 Å². The third kappa shape index (κ3) is 7.58. The second-order valence-corrected chi connectivity index (χ2v) is 7.23. The van der Waals surface area contributed by atoms with Crippen molar-refractivity contribution in [3.05, 3.63) is 72.6 Å². The number of rotatable bonds is 6. The molecule has 0 saturated heterocycles. The number of aromatic nitrogens is 8. The van der Waals surface area contributed by atoms with Gasteiger partial charge in [-0.1, -0.05) is 0 Å². The normalized spacial score (nSPS) is 10.1. The number of aromatic amines is 1. The van der Waals surface area contributed by atoms with Crippen LogP contribution in [0.5, 0.6) is 0 Å². The van der Waals surface area contributed by atoms with Gasteiger partial charge in [-0.15, -0.1) is 0 Å². The van der Waals surface area contributed by atoms with Gasteiger partial charge in [-0.3, -0.25) is 8.80 Å². The summed E-state index contributed by atoms with van der Waals surface area (Å²) in [5, 5.41) is 0. The number of anilines is 1. The van der Waals surface area contributed by atoms with Crippen molar-refractivity contribution in [2.45, 2.75) is 20.8 Å². The van der Waals surface area contributed by atoms with Crippen LogP contribution in [0.4, 0.5) is 5.95 Å². The molecule has 5 rings (SSSR count). The van der Waals surface area contributed by atoms with Crippen LogP contribution in [0, 0.1) is 0 Å². The lowest BCUT2D eigenvalue weighted by atomic mass is 10.5. The number of nitrogen functional groups attached to an aromatic ring is 1. The van der Waals surface area contributed by atoms with E-state index in [0.29, 0.717) is 37.1 Å². The number of imidazole rings is 3. The van der Waals surface area contributed by atoms with Gasteiger partial charge in [-0.2, -0.15) is 0 Å². The molecule has 204 valence electrons. The first kappa shape index (κ1) is 28.2. The van der Waals surface area contributed by atoms with E-state index >= 15 is 0 Å². The molecule has 0 fully saturated rings. The average molecular weight is 538 g/mol. The Morgan fingerprint density at radius 1 is 0.821 bits per heavy atom. The molecular formula is C24H27N9O6. The standard InChI is InChI=1S/2C9H9N3O2.C6H9N3O2/c1-2-14-8(13)7-6-12-5-3-4-10-9(12)11-7;1-2-14-8(13)7-6-11-9-10-4-3-5-12(7)9;1-2-11-5(10)4-3-8-6(7)9-4/h2*3-6H,2H2,1H3;3H,2H2,1H3,(H3,7,8,9). The number of nitrogens with two attached hydrogens (primary N) is 1. The molecule has 0 aliphatic carbocycles. The Kier molecular flexibility index (Phi) is 10.0. The van der Waals surface area contributed by atoms with Crippen molar-refractivity contribution < 1.29 is 28.6 Å². The minimum atomic E-state index is -0.434. The first-order valence-corrected chi connectivity index (χ1v) is 11.8. The van der Waals surface area contributed by atoms with Crippen molar-refractivity contribution in [2.24, 2.45) is 0 Å². The van der Waals surface area contributed by atoms with E-state index in [-0.39, 0.29) is 23.3 Å². The molecule has 5 heterocycles. The highest BCUT2D eigenvalue weighted by Gasteiger charge is 2.13. The number of nitrogens with zero attached hydrogens (tertiary/aromatic N) is 7. The molecule has 15 nitrogen and oxygen atoms in total. The smallest absolute Gasteiger partial charge is 0.358 e. The van der Waals surface area contributed by atoms with E-state index in [0.717, 1.165) is 0 Å². The van der Waals surface area contributed by atoms with Gasteiger partial charge in [-0.25, -0.2) is 39.3 Å². The molecule has 39 heavy (non-hydrogen) atoms. The van der Waals surface area contributed by atoms with Gasteiger partial charge in [0, 0.05) is 31.0 Å². The van der Waals surface area contributed by atoms with Crippen LogP contribution in [0.25, 0.3) is 11.6 Å². The van der Waals surface area contributed by atoms with Crippen molar-refractivity contribution >= 4 is 35.4 Å². The minimum absolute atomic E-state index is 0.216. The zero-order valence-corrected chi connectivity index (χ0v) is 21.5. The van der Waals surface area contributed by atoms with Gasteiger partial charge < -0.3 is 24.9 Å². The van der Waals surface area contributed by atoms with Crippen LogP contribution in [-0.4, -0.2) is 76.4 Å². The molecule has 0 amide bonds. The monoisotopic (exact) mass is 537 g/mol. The second-order valence-electron chi connectivity index (χ2n) is 7.23. The third-order valence-electron chi connectivity index (χ3n) is 4.58. The van der Waals surface area contributed by atoms with E-state index in [2.05, 4.69) is 34.6 Å². The maximum Gasteiger partial charge on any atom is 0.358 e. The summed E-state index contributed by atoms with van der Waals surface area (Å²) in [6.45, 7) is 6.30. The van der Waals surface area contributed by atoms with Crippen molar-refractivity contribution in [1.82, 2.24) is 38.7 Å². The first-order chi connectivity index (χ1) is 18.9. The molecule has 0 radical (unpaired) electrons. The minimum Gasteiger partial charge on any atom is -0.461 e. The molecule has 0 bridgehead atoms. The highest BCUT2D eigenvalue weighted by atomic mass is 16.5. The Balaban J connectivity index is 0.000000163. The van der Waals surface area contributed by atoms with Crippen molar-refractivity contribution in [1.29, 1.82) is 0 Å². The molecule has 3 N–H and O–H groups in total. The predicted molar refractivity (Wildman–Crippen MR) is 137 cm³/mol. The fraction of sp³-hybridized carbons (Fsp3) is 0.250. The molecule has 0 spiro atoms. The summed E-state index contributed by atoms with van der Waals surface area (Å²) < 4.78 is 17.6. The van der Waals surface area contributed by atoms with Crippen LogP contribution in [0.1, 0.15) is 52.2 Å². The Morgan fingerprint density at radius 3 is 2.10 bits per heavy atom. The maximum absolute atomic E-state index is 11.4. The fourth-order valence-corrected chi connectivity index (χ4v) is 2.97. The molecule has 0 saturated carbocycles. The lowest BCUT2D eigenvalue weighted by Gasteiger charge is -1.99. The SMILES string of the molecule is CCOC(=O)c1cn2cccnc2n1.CCOC(=O)c1cnc(N)[nH]1.CCOC(=O)c1cnc2ncccn12. The van der Waals surface area contributed by atoms with Crippen LogP contribution in [0.2, 0.25) is 0 Å². The Labute approximate surface area is 222 Å². The van der Waals surface area contributed by atoms with Crippen LogP contribution < -0.4 is 5.73 Å². The fourth-order valence-electron chi connectivity index (χ4n) is 2.97. The zero-order chi connectivity index (χ0) is 28.2. The number of hydrogen-bond donors (Lipinski definition) is 2. The largest absolute Gasteiger partial charge is 0.461 e. The van der Waals surface area contributed by atoms with Crippen LogP contribution in [0.3, 0.4) is 0 Å². The van der Waals surface area contributed by atoms with E-state index in [1.54, 1.807) is 72.7 Å². The molecule has 5 aromatic rings. The number of H-pyrrole nitrogens is 1. The predicted octanol–water partition coefficient (Wildman–Crippen LogP) is 1.98. The first-order valence-electron chi connectivity index (χ1n) is 11.8. The van der Waals surface area contributed by atoms with Gasteiger partial charge in [0.15, 0.2) is 17.3 Å². The maximum atomic E-state index is 11.4. The zero-order valence-electron chi connectivity index (χ0n) is 21.5. The molecule has 0 aliphatic rings. The molecule has 15 heteroatoms. The lowest BCUT2D eigenvalue weighted by Crippen LogP contribution is -2.07. The Morgan fingerprint density at radius 2 is 1.46 bits per heavy atom. The highest BCUT2D eigenvalue weighted by molar-refractivity contribution is 5.88. The van der Waals surface area contributed by atoms with E-state index < -0.39 is 11.9 Å². The Bertz CT molecular complexity index is 1500. The van der Waals surface area contributed by atoms with E-state index in [1.165, 1.54) is 12.4 Å². The van der Waals surface area contributed by atoms with Crippen LogP contribution in [0.15, 0.2) is 55.5 Å². The summed E-state index contributed by atoms with van der Waals surface area (Å²) in [6, 6.07) is 3.50. The quantitative estimate of drug-likeness (QED) is 0.236. The van der Waals surface area contributed by atoms with Gasteiger partial charge in [0.05, 0.1) is 32.2 Å². The number of esters is 3. The van der Waals surface area contributed by atoms with E-state index in [9.17, 15) is 14.4 Å². The molecule has 0 aliphatic heterocycles. The van der Waals surface area contributed by atoms with Crippen molar-refractivity contribution in [3.8, 4) is 0 Å². The highest BCUT2D eigenvalue weighted by Crippen LogP contribution is 2.05. The third-order valence-corrected chi connectivity index (χ3v) is 4.58. The average Bonchev–Trinajstić information content (AvgIpc) is 3.68. The number of hydrogen-bond acceptors (Lipinski definition) is 12. The molecule has 0 aromatic carbocycles. The van der Waals surface area contributed by atoms with Crippen LogP contribution in [-0.2, 0) is 14.2 Å². The topological polar surface area (TPSA) is 194 Å². The molecule has 0 atom stereocenters. The lowest BCUT2D eigenvalue weighted by molar-refractivity contribution is 0.0509. The number of fused-ring (bicyclic) bond motifs is 2. The molecule has 5 aromatic heterocycles. The van der Waals surface area contributed by atoms with Gasteiger partial charge >= 0.3 is 17.9 Å². The van der Waals surface area contributed by atoms with Crippen LogP contribution >= 0.6 is 0 Å². The van der Waals surface area contributed by atoms with Gasteiger partial charge in [0.25, 0.3) is 0 Å². The van der Waals surface area contributed by atoms with Crippen molar-refractivity contribution in [2.75, 3.05) is 25.6 Å². The summed E-state index contributed by atoms with van der Waals surface area (Å²) in [5.41, 5.74) is 6.20. The summed E-state index contributed by atoms with van der Waals surface area (Å²) in [7, 11) is 0. The number of nitrogens with one attached hydrogen (secondary N) is 1. The summed E-state index contributed by atoms with van der Waals surface area (Å²) in [5.74, 6) is -0.0261. The number of carbonyl (C=O) groups is 3. The summed E-state index contributed by atoms with van der Waals surface area (Å²) in [6.07, 6.45) is 11.1. The van der Waals surface area contributed by atoms with Gasteiger partial charge in [0.1, 0.15) is 5.69 Å². The van der Waals surface area contributed by atoms with Gasteiger partial charge in [-0.05, 0) is 32.9 Å². The van der Waals surface area contributed by atoms with E-state index in [1.807, 2.05) is 0 Å². The summed E-state index contributed by atoms with van der Waals surface area (Å²) in [4.78, 5) is 55.8. The molecule has 0 unspecified atom stereocenters. The van der Waals surface area contributed by atoms with Gasteiger partial charge in [0.2, 0.25) is 11.6 Å². The molecular weight excluding hydrogens is 510 g/mol. The Hall–Kier alpha value is -5.34.